The van der Waals surface area contributed by atoms with E-state index < -0.39 is 5.60 Å². The molecule has 320 valence electrons. The quantitative estimate of drug-likeness (QED) is 0.267. The Hall–Kier alpha value is -0.560. The molecule has 55 heavy (non-hydrogen) atoms. The van der Waals surface area contributed by atoms with E-state index in [-0.39, 0.29) is 0 Å². The first-order chi connectivity index (χ1) is 25.1. The predicted octanol–water partition coefficient (Wildman–Crippen LogP) is 16.8. The zero-order valence-electron chi connectivity index (χ0n) is 40.5. The maximum absolute atomic E-state index is 11.0. The molecule has 1 nitrogen and oxygen atoms in total. The van der Waals surface area contributed by atoms with E-state index in [2.05, 4.69) is 124 Å². The summed E-state index contributed by atoms with van der Waals surface area (Å²) in [4.78, 5) is 0. The maximum atomic E-state index is 11.0. The molecule has 0 aromatic heterocycles. The van der Waals surface area contributed by atoms with E-state index in [9.17, 15) is 5.11 Å². The highest BCUT2D eigenvalue weighted by molar-refractivity contribution is 5.27. The number of hydrogen-bond acceptors (Lipinski definition) is 1. The molecule has 6 rings (SSSR count). The van der Waals surface area contributed by atoms with Crippen LogP contribution in [0.5, 0.6) is 0 Å². The van der Waals surface area contributed by atoms with E-state index in [0.717, 1.165) is 41.9 Å². The van der Waals surface area contributed by atoms with Crippen LogP contribution < -0.4 is 0 Å². The smallest absolute Gasteiger partial charge is 0.0653 e. The first kappa shape index (κ1) is 47.1. The minimum absolute atomic E-state index is 0.341. The normalized spacial score (nSPS) is 40.7. The average molecular weight is 763 g/mol. The number of fused-ring (bicyclic) bond motifs is 3. The van der Waals surface area contributed by atoms with Crippen molar-refractivity contribution in [2.75, 3.05) is 0 Å². The van der Waals surface area contributed by atoms with Crippen LogP contribution in [0.25, 0.3) is 0 Å². The molecule has 0 radical (unpaired) electrons. The van der Waals surface area contributed by atoms with Crippen LogP contribution in [0.2, 0.25) is 0 Å². The van der Waals surface area contributed by atoms with Crippen molar-refractivity contribution in [1.29, 1.82) is 0 Å². The molecule has 5 saturated carbocycles. The third-order valence-electron chi connectivity index (χ3n) is 18.3. The lowest BCUT2D eigenvalue weighted by Crippen LogP contribution is -2.57. The van der Waals surface area contributed by atoms with Gasteiger partial charge in [0.15, 0.2) is 0 Å². The summed E-state index contributed by atoms with van der Waals surface area (Å²) < 4.78 is 0. The molecule has 0 aliphatic heterocycles. The zero-order valence-corrected chi connectivity index (χ0v) is 40.5. The molecule has 1 N–H and O–H groups in total. The van der Waals surface area contributed by atoms with Crippen LogP contribution in [0.3, 0.4) is 0 Å². The van der Waals surface area contributed by atoms with Crippen LogP contribution in [0, 0.1) is 79.8 Å². The third kappa shape index (κ3) is 9.91. The molecule has 0 amide bonds. The monoisotopic (exact) mass is 763 g/mol. The molecule has 0 aromatic rings. The molecule has 5 fully saturated rings. The summed E-state index contributed by atoms with van der Waals surface area (Å²) in [6, 6.07) is 0. The summed E-state index contributed by atoms with van der Waals surface area (Å²) in [5.41, 5.74) is 7.59. The second-order valence-electron chi connectivity index (χ2n) is 25.5. The fraction of sp³-hybridized carbons (Fsp3) is 0.926. The van der Waals surface area contributed by atoms with Crippen LogP contribution in [0.1, 0.15) is 233 Å². The van der Waals surface area contributed by atoms with Crippen LogP contribution >= 0.6 is 0 Å². The van der Waals surface area contributed by atoms with Gasteiger partial charge in [0.05, 0.1) is 5.60 Å². The molecule has 9 unspecified atom stereocenters. The third-order valence-corrected chi connectivity index (χ3v) is 18.3. The molecule has 6 aliphatic rings. The highest BCUT2D eigenvalue weighted by atomic mass is 16.3. The molecule has 0 heterocycles. The van der Waals surface area contributed by atoms with Crippen molar-refractivity contribution in [1.82, 2.24) is 0 Å². The van der Waals surface area contributed by atoms with Crippen molar-refractivity contribution in [3.8, 4) is 0 Å². The second kappa shape index (κ2) is 17.2. The molecule has 0 saturated heterocycles. The lowest BCUT2D eigenvalue weighted by molar-refractivity contribution is -0.172. The minimum atomic E-state index is -0.455. The van der Waals surface area contributed by atoms with E-state index in [1.54, 1.807) is 11.1 Å². The van der Waals surface area contributed by atoms with Crippen molar-refractivity contribution >= 4 is 0 Å². The molecule has 1 heteroatoms. The van der Waals surface area contributed by atoms with Gasteiger partial charge in [0.25, 0.3) is 0 Å². The van der Waals surface area contributed by atoms with Crippen LogP contribution in [0.15, 0.2) is 23.3 Å². The zero-order chi connectivity index (χ0) is 41.6. The van der Waals surface area contributed by atoms with Gasteiger partial charge in [-0.3, -0.25) is 0 Å². The summed E-state index contributed by atoms with van der Waals surface area (Å²) in [6.07, 6.45) is 24.1. The minimum Gasteiger partial charge on any atom is -0.390 e. The average Bonchev–Trinajstić information content (AvgIpc) is 3.02. The maximum Gasteiger partial charge on any atom is 0.0653 e. The Morgan fingerprint density at radius 2 is 1.04 bits per heavy atom. The van der Waals surface area contributed by atoms with Gasteiger partial charge >= 0.3 is 0 Å². The van der Waals surface area contributed by atoms with Gasteiger partial charge in [-0.25, -0.2) is 0 Å². The van der Waals surface area contributed by atoms with Gasteiger partial charge in [0, 0.05) is 0 Å². The predicted molar refractivity (Wildman–Crippen MR) is 243 cm³/mol. The Balaban J connectivity index is 0.000000184. The molecule has 0 aromatic carbocycles. The molecule has 6 aliphatic carbocycles. The Morgan fingerprint density at radius 1 is 0.564 bits per heavy atom. The van der Waals surface area contributed by atoms with E-state index in [1.807, 2.05) is 5.57 Å². The summed E-state index contributed by atoms with van der Waals surface area (Å²) in [5, 5.41) is 11.0. The summed E-state index contributed by atoms with van der Waals surface area (Å²) in [6.45, 7) is 45.7. The second-order valence-corrected chi connectivity index (χ2v) is 25.5. The SMILES string of the molecule is C=C1CCC2C(C)(C)CCCC2(C)C1CC(C)C.CC(C)CC1C(C)(O)CCC2C(C)(C)CCCC21C.CC1=C(CC(C)C)C2(C)CCCC(C)(C)C2CC1. The molecule has 0 bridgehead atoms. The number of aliphatic hydroxyl groups is 1. The van der Waals surface area contributed by atoms with Crippen LogP contribution in [-0.2, 0) is 0 Å². The molecular weight excluding hydrogens is 665 g/mol. The lowest BCUT2D eigenvalue weighted by atomic mass is 9.45. The van der Waals surface area contributed by atoms with Gasteiger partial charge in [0.2, 0.25) is 0 Å². The number of rotatable bonds is 6. The Bertz CT molecular complexity index is 1320. The topological polar surface area (TPSA) is 20.2 Å². The van der Waals surface area contributed by atoms with Crippen molar-refractivity contribution < 1.29 is 5.11 Å². The van der Waals surface area contributed by atoms with Gasteiger partial charge in [-0.1, -0.05) is 146 Å². The van der Waals surface area contributed by atoms with E-state index in [1.165, 1.54) is 109 Å². The van der Waals surface area contributed by atoms with Crippen molar-refractivity contribution in [3.63, 3.8) is 0 Å². The Labute approximate surface area is 345 Å². The Kier molecular flexibility index (Phi) is 14.7. The van der Waals surface area contributed by atoms with Gasteiger partial charge in [0.1, 0.15) is 0 Å². The standard InChI is InChI=1S/C18H34O.2C18H32/c1-13(2)12-15-17(5)10-7-9-16(3,4)14(17)8-11-18(15,6)19;2*1-13(2)12-15-14(3)8-9-16-17(4,5)10-7-11-18(15,16)6/h13-15,19H,7-12H2,1-6H3;13,16H,7-12H2,1-6H3;13,15-16H,3,7-12H2,1-2,4-6H3. The van der Waals surface area contributed by atoms with Gasteiger partial charge < -0.3 is 5.11 Å². The van der Waals surface area contributed by atoms with Crippen molar-refractivity contribution in [2.45, 2.75) is 239 Å². The van der Waals surface area contributed by atoms with Crippen molar-refractivity contribution in [2.24, 2.45) is 79.8 Å². The summed E-state index contributed by atoms with van der Waals surface area (Å²) >= 11 is 0. The van der Waals surface area contributed by atoms with Crippen LogP contribution in [0.4, 0.5) is 0 Å². The van der Waals surface area contributed by atoms with Gasteiger partial charge in [-0.2, -0.15) is 0 Å². The first-order valence-corrected chi connectivity index (χ1v) is 24.2. The van der Waals surface area contributed by atoms with E-state index >= 15 is 0 Å². The molecular formula is C54H98O. The molecule has 9 atom stereocenters. The largest absolute Gasteiger partial charge is 0.390 e. The van der Waals surface area contributed by atoms with E-state index in [4.69, 9.17) is 0 Å². The number of hydrogen-bond donors (Lipinski definition) is 1. The Morgan fingerprint density at radius 3 is 1.56 bits per heavy atom. The van der Waals surface area contributed by atoms with Crippen LogP contribution in [-0.4, -0.2) is 10.7 Å². The van der Waals surface area contributed by atoms with Gasteiger partial charge in [-0.05, 0) is 190 Å². The van der Waals surface area contributed by atoms with E-state index in [0.29, 0.717) is 44.3 Å². The fourth-order valence-electron chi connectivity index (χ4n) is 15.8. The highest BCUT2D eigenvalue weighted by Gasteiger charge is 2.58. The summed E-state index contributed by atoms with van der Waals surface area (Å²) in [5.74, 6) is 6.14. The van der Waals surface area contributed by atoms with Crippen molar-refractivity contribution in [3.05, 3.63) is 23.3 Å². The lowest BCUT2D eigenvalue weighted by Gasteiger charge is -2.61. The van der Waals surface area contributed by atoms with Gasteiger partial charge in [-0.15, -0.1) is 0 Å². The molecule has 0 spiro atoms. The summed E-state index contributed by atoms with van der Waals surface area (Å²) in [7, 11) is 0. The highest BCUT2D eigenvalue weighted by Crippen LogP contribution is 2.64. The number of allylic oxidation sites excluding steroid dienone is 3. The first-order valence-electron chi connectivity index (χ1n) is 24.2. The fourth-order valence-corrected chi connectivity index (χ4v) is 15.8.